The normalized spacial score (nSPS) is 12.3. The molecule has 8 rings (SSSR count). The van der Waals surface area contributed by atoms with Crippen molar-refractivity contribution in [3.05, 3.63) is 105 Å². The van der Waals surface area contributed by atoms with E-state index in [9.17, 15) is 21.0 Å². The van der Waals surface area contributed by atoms with Gasteiger partial charge in [0.2, 0.25) is 0 Å². The van der Waals surface area contributed by atoms with Crippen molar-refractivity contribution in [1.82, 2.24) is 0 Å². The molecular formula is C34H12N4S2. The minimum atomic E-state index is 0.100. The number of benzene rings is 4. The topological polar surface area (TPSA) is 95.2 Å². The van der Waals surface area contributed by atoms with Gasteiger partial charge < -0.3 is 0 Å². The van der Waals surface area contributed by atoms with Gasteiger partial charge in [-0.3, -0.25) is 0 Å². The van der Waals surface area contributed by atoms with E-state index in [-0.39, 0.29) is 11.1 Å². The van der Waals surface area contributed by atoms with Gasteiger partial charge in [0.15, 0.2) is 0 Å². The predicted octanol–water partition coefficient (Wildman–Crippen LogP) is 8.93. The zero-order valence-electron chi connectivity index (χ0n) is 20.5. The summed E-state index contributed by atoms with van der Waals surface area (Å²) in [5, 5.41) is 44.1. The van der Waals surface area contributed by atoms with Gasteiger partial charge in [-0.15, -0.1) is 22.7 Å². The summed E-state index contributed by atoms with van der Waals surface area (Å²) >= 11 is 3.19. The summed E-state index contributed by atoms with van der Waals surface area (Å²) in [5.74, 6) is 0. The number of hydrogen-bond donors (Lipinski definition) is 0. The molecule has 2 aromatic heterocycles. The maximum atomic E-state index is 9.94. The van der Waals surface area contributed by atoms with Crippen molar-refractivity contribution in [3.63, 3.8) is 0 Å². The van der Waals surface area contributed by atoms with Crippen LogP contribution in [0.3, 0.4) is 0 Å². The molecule has 6 aromatic rings. The summed E-state index contributed by atoms with van der Waals surface area (Å²) in [6.45, 7) is 0. The van der Waals surface area contributed by atoms with E-state index in [0.717, 1.165) is 74.1 Å². The first-order valence-corrected chi connectivity index (χ1v) is 14.1. The number of nitriles is 4. The van der Waals surface area contributed by atoms with Crippen LogP contribution in [0.1, 0.15) is 20.9 Å². The highest BCUT2D eigenvalue weighted by Crippen LogP contribution is 2.63. The Labute approximate surface area is 236 Å². The fraction of sp³-hybridized carbons (Fsp3) is 0. The Morgan fingerprint density at radius 1 is 0.475 bits per heavy atom. The Kier molecular flexibility index (Phi) is 4.50. The lowest BCUT2D eigenvalue weighted by Crippen LogP contribution is -1.87. The SMILES string of the molecule is N#CC(C#N)=C1c2ccc3ccccc3c2-c2c1sc1c3c(sc21)C(=C(C#N)C#N)c1ccc2ccccc2c1-3. The van der Waals surface area contributed by atoms with Crippen molar-refractivity contribution in [1.29, 1.82) is 21.0 Å². The zero-order chi connectivity index (χ0) is 27.1. The number of rotatable bonds is 0. The molecule has 180 valence electrons. The molecule has 0 saturated carbocycles. The first-order chi connectivity index (χ1) is 19.7. The molecule has 0 amide bonds. The number of allylic oxidation sites excluding steroid dienone is 2. The Balaban J connectivity index is 1.59. The van der Waals surface area contributed by atoms with Crippen molar-refractivity contribution in [3.8, 4) is 46.5 Å². The third-order valence-corrected chi connectivity index (χ3v) is 10.4. The van der Waals surface area contributed by atoms with Crippen LogP contribution < -0.4 is 0 Å². The van der Waals surface area contributed by atoms with Crippen LogP contribution in [0.4, 0.5) is 0 Å². The first-order valence-electron chi connectivity index (χ1n) is 12.4. The molecule has 2 aliphatic carbocycles. The lowest BCUT2D eigenvalue weighted by Gasteiger charge is -2.08. The second-order valence-electron chi connectivity index (χ2n) is 9.64. The van der Waals surface area contributed by atoms with Crippen LogP contribution in [0, 0.1) is 45.3 Å². The van der Waals surface area contributed by atoms with E-state index < -0.39 is 0 Å². The molecule has 0 bridgehead atoms. The lowest BCUT2D eigenvalue weighted by molar-refractivity contribution is 1.46. The Morgan fingerprint density at radius 3 is 1.27 bits per heavy atom. The van der Waals surface area contributed by atoms with Gasteiger partial charge in [0.25, 0.3) is 0 Å². The molecule has 4 aromatic carbocycles. The molecule has 0 saturated heterocycles. The maximum Gasteiger partial charge on any atom is 0.138 e. The summed E-state index contributed by atoms with van der Waals surface area (Å²) in [4.78, 5) is 1.85. The van der Waals surface area contributed by atoms with Crippen LogP contribution in [0.15, 0.2) is 83.9 Å². The van der Waals surface area contributed by atoms with E-state index in [1.54, 1.807) is 22.7 Å². The van der Waals surface area contributed by atoms with Gasteiger partial charge in [-0.1, -0.05) is 72.8 Å². The van der Waals surface area contributed by atoms with Crippen LogP contribution in [-0.4, -0.2) is 0 Å². The highest BCUT2D eigenvalue weighted by atomic mass is 32.1. The van der Waals surface area contributed by atoms with Crippen molar-refractivity contribution in [2.45, 2.75) is 0 Å². The monoisotopic (exact) mass is 540 g/mol. The number of hydrogen-bond acceptors (Lipinski definition) is 6. The fourth-order valence-electron chi connectivity index (χ4n) is 6.25. The van der Waals surface area contributed by atoms with Gasteiger partial charge in [-0.25, -0.2) is 0 Å². The Bertz CT molecular complexity index is 2220. The van der Waals surface area contributed by atoms with Crippen LogP contribution in [0.2, 0.25) is 0 Å². The molecule has 6 heteroatoms. The number of fused-ring (bicyclic) bond motifs is 13. The highest BCUT2D eigenvalue weighted by molar-refractivity contribution is 7.31. The average Bonchev–Trinajstić information content (AvgIpc) is 3.71. The number of nitrogens with zero attached hydrogens (tertiary/aromatic N) is 4. The smallest absolute Gasteiger partial charge is 0.138 e. The van der Waals surface area contributed by atoms with Crippen LogP contribution in [0.5, 0.6) is 0 Å². The Hall–Kier alpha value is -5.50. The third kappa shape index (κ3) is 2.64. The van der Waals surface area contributed by atoms with Gasteiger partial charge in [0.05, 0.1) is 9.40 Å². The van der Waals surface area contributed by atoms with Crippen LogP contribution >= 0.6 is 22.7 Å². The maximum absolute atomic E-state index is 9.94. The van der Waals surface area contributed by atoms with Crippen molar-refractivity contribution in [2.75, 3.05) is 0 Å². The van der Waals surface area contributed by atoms with E-state index in [2.05, 4.69) is 48.5 Å². The average molecular weight is 541 g/mol. The molecule has 4 nitrogen and oxygen atoms in total. The van der Waals surface area contributed by atoms with E-state index in [1.807, 2.05) is 48.5 Å². The van der Waals surface area contributed by atoms with Crippen molar-refractivity contribution >= 4 is 64.8 Å². The van der Waals surface area contributed by atoms with E-state index in [4.69, 9.17) is 0 Å². The molecule has 0 spiro atoms. The van der Waals surface area contributed by atoms with Gasteiger partial charge in [-0.2, -0.15) is 21.0 Å². The molecular weight excluding hydrogens is 529 g/mol. The fourth-order valence-corrected chi connectivity index (χ4v) is 9.28. The first kappa shape index (κ1) is 22.5. The quantitative estimate of drug-likeness (QED) is 0.179. The van der Waals surface area contributed by atoms with Gasteiger partial charge in [0.1, 0.15) is 35.4 Å². The second kappa shape index (κ2) is 8.00. The lowest BCUT2D eigenvalue weighted by atomic mass is 9.95. The summed E-state index contributed by atoms with van der Waals surface area (Å²) in [6, 6.07) is 33.0. The van der Waals surface area contributed by atoms with Gasteiger partial charge >= 0.3 is 0 Å². The summed E-state index contributed by atoms with van der Waals surface area (Å²) in [6.07, 6.45) is 0. The zero-order valence-corrected chi connectivity index (χ0v) is 22.2. The largest absolute Gasteiger partial charge is 0.192 e. The highest BCUT2D eigenvalue weighted by Gasteiger charge is 2.38. The molecule has 0 radical (unpaired) electrons. The van der Waals surface area contributed by atoms with E-state index in [1.165, 1.54) is 0 Å². The van der Waals surface area contributed by atoms with Crippen molar-refractivity contribution < 1.29 is 0 Å². The minimum Gasteiger partial charge on any atom is -0.192 e. The number of thiophene rings is 2. The second-order valence-corrected chi connectivity index (χ2v) is 11.7. The summed E-state index contributed by atoms with van der Waals surface area (Å²) in [7, 11) is 0. The summed E-state index contributed by atoms with van der Waals surface area (Å²) < 4.78 is 2.11. The Morgan fingerprint density at radius 2 is 0.875 bits per heavy atom. The van der Waals surface area contributed by atoms with Gasteiger partial charge in [-0.05, 0) is 32.7 Å². The molecule has 0 aliphatic heterocycles. The molecule has 0 atom stereocenters. The minimum absolute atomic E-state index is 0.100. The molecule has 2 aliphatic rings. The molecule has 0 N–H and O–H groups in total. The predicted molar refractivity (Wildman–Crippen MR) is 160 cm³/mol. The molecule has 0 fully saturated rings. The summed E-state index contributed by atoms with van der Waals surface area (Å²) in [5.41, 5.74) is 7.47. The van der Waals surface area contributed by atoms with Crippen LogP contribution in [-0.2, 0) is 0 Å². The third-order valence-electron chi connectivity index (χ3n) is 7.82. The van der Waals surface area contributed by atoms with Crippen molar-refractivity contribution in [2.24, 2.45) is 0 Å². The van der Waals surface area contributed by atoms with E-state index in [0.29, 0.717) is 11.1 Å². The molecule has 0 unspecified atom stereocenters. The van der Waals surface area contributed by atoms with E-state index >= 15 is 0 Å². The molecule has 40 heavy (non-hydrogen) atoms. The molecule has 2 heterocycles. The standard InChI is InChI=1S/C34H12N4S2/c35-13-19(14-36)25-23-11-9-17-5-1-3-7-21(17)27(23)29-31(25)39-34-30-28-22-8-4-2-6-18(22)10-12-24(28)26(20(15-37)16-38)32(30)40-33(29)34/h1-12H. The van der Waals surface area contributed by atoms with Gasteiger partial charge in [0, 0.05) is 43.2 Å². The van der Waals surface area contributed by atoms with Crippen LogP contribution in [0.25, 0.3) is 64.3 Å².